The molecule has 0 fully saturated rings. The SMILES string of the molecule is NCCCCC(=O)N[C@@H](Cc1ccccc1)C(=O)O. The Morgan fingerprint density at radius 2 is 1.89 bits per heavy atom. The first-order valence-corrected chi connectivity index (χ1v) is 6.39. The number of hydrogen-bond acceptors (Lipinski definition) is 3. The molecule has 0 aromatic heterocycles. The second-order valence-corrected chi connectivity index (χ2v) is 4.39. The summed E-state index contributed by atoms with van der Waals surface area (Å²) in [5.41, 5.74) is 6.23. The minimum absolute atomic E-state index is 0.239. The van der Waals surface area contributed by atoms with Crippen LogP contribution in [0.4, 0.5) is 0 Å². The lowest BCUT2D eigenvalue weighted by molar-refractivity contribution is -0.141. The largest absolute Gasteiger partial charge is 0.480 e. The number of nitrogens with two attached hydrogens (primary N) is 1. The van der Waals surface area contributed by atoms with Crippen LogP contribution >= 0.6 is 0 Å². The molecule has 0 saturated carbocycles. The molecule has 0 unspecified atom stereocenters. The summed E-state index contributed by atoms with van der Waals surface area (Å²) < 4.78 is 0. The molecule has 0 radical (unpaired) electrons. The van der Waals surface area contributed by atoms with E-state index >= 15 is 0 Å². The van der Waals surface area contributed by atoms with Gasteiger partial charge in [0, 0.05) is 12.8 Å². The zero-order valence-electron chi connectivity index (χ0n) is 10.8. The van der Waals surface area contributed by atoms with Crippen LogP contribution < -0.4 is 11.1 Å². The van der Waals surface area contributed by atoms with Gasteiger partial charge in [-0.2, -0.15) is 0 Å². The average molecular weight is 264 g/mol. The number of unbranched alkanes of at least 4 members (excludes halogenated alkanes) is 1. The van der Waals surface area contributed by atoms with Gasteiger partial charge in [-0.1, -0.05) is 30.3 Å². The van der Waals surface area contributed by atoms with Crippen molar-refractivity contribution in [2.75, 3.05) is 6.54 Å². The summed E-state index contributed by atoms with van der Waals surface area (Å²) >= 11 is 0. The van der Waals surface area contributed by atoms with Gasteiger partial charge in [0.15, 0.2) is 0 Å². The Labute approximate surface area is 112 Å². The molecule has 5 heteroatoms. The summed E-state index contributed by atoms with van der Waals surface area (Å²) in [6.45, 7) is 0.541. The number of rotatable bonds is 8. The van der Waals surface area contributed by atoms with Crippen molar-refractivity contribution in [3.8, 4) is 0 Å². The van der Waals surface area contributed by atoms with Crippen LogP contribution in [-0.2, 0) is 16.0 Å². The second kappa shape index (κ2) is 8.26. The molecule has 1 rings (SSSR count). The molecule has 104 valence electrons. The topological polar surface area (TPSA) is 92.4 Å². The molecule has 1 amide bonds. The van der Waals surface area contributed by atoms with E-state index in [-0.39, 0.29) is 5.91 Å². The molecule has 19 heavy (non-hydrogen) atoms. The van der Waals surface area contributed by atoms with Crippen molar-refractivity contribution in [2.24, 2.45) is 5.73 Å². The Kier molecular flexibility index (Phi) is 6.60. The van der Waals surface area contributed by atoms with E-state index in [1.165, 1.54) is 0 Å². The standard InChI is InChI=1S/C14H20N2O3/c15-9-5-4-8-13(17)16-12(14(18)19)10-11-6-2-1-3-7-11/h1-3,6-7,12H,4-5,8-10,15H2,(H,16,17)(H,18,19)/t12-/m0/s1. The third kappa shape index (κ3) is 6.01. The van der Waals surface area contributed by atoms with Crippen molar-refractivity contribution < 1.29 is 14.7 Å². The number of aliphatic carboxylic acids is 1. The van der Waals surface area contributed by atoms with E-state index in [4.69, 9.17) is 10.8 Å². The Balaban J connectivity index is 2.49. The zero-order chi connectivity index (χ0) is 14.1. The molecule has 5 nitrogen and oxygen atoms in total. The van der Waals surface area contributed by atoms with Crippen LogP contribution in [0.1, 0.15) is 24.8 Å². The number of carbonyl (C=O) groups excluding carboxylic acids is 1. The van der Waals surface area contributed by atoms with Crippen LogP contribution in [0.5, 0.6) is 0 Å². The molecule has 0 heterocycles. The van der Waals surface area contributed by atoms with Gasteiger partial charge in [0.2, 0.25) is 5.91 Å². The third-order valence-electron chi connectivity index (χ3n) is 2.77. The van der Waals surface area contributed by atoms with Crippen LogP contribution in [0, 0.1) is 0 Å². The predicted octanol–water partition coefficient (Wildman–Crippen LogP) is 0.927. The summed E-state index contributed by atoms with van der Waals surface area (Å²) in [4.78, 5) is 22.7. The Morgan fingerprint density at radius 1 is 1.21 bits per heavy atom. The summed E-state index contributed by atoms with van der Waals surface area (Å²) in [5, 5.41) is 11.7. The summed E-state index contributed by atoms with van der Waals surface area (Å²) in [7, 11) is 0. The van der Waals surface area contributed by atoms with Crippen molar-refractivity contribution >= 4 is 11.9 Å². The highest BCUT2D eigenvalue weighted by Crippen LogP contribution is 2.04. The molecular weight excluding hydrogens is 244 g/mol. The van der Waals surface area contributed by atoms with Gasteiger partial charge in [0.05, 0.1) is 0 Å². The fourth-order valence-corrected chi connectivity index (χ4v) is 1.75. The summed E-state index contributed by atoms with van der Waals surface area (Å²) in [5.74, 6) is -1.26. The number of carboxylic acid groups (broad SMARTS) is 1. The third-order valence-corrected chi connectivity index (χ3v) is 2.77. The maximum absolute atomic E-state index is 11.6. The van der Waals surface area contributed by atoms with Gasteiger partial charge >= 0.3 is 5.97 Å². The lowest BCUT2D eigenvalue weighted by Gasteiger charge is -2.14. The maximum Gasteiger partial charge on any atom is 0.326 e. The van der Waals surface area contributed by atoms with Crippen molar-refractivity contribution in [1.29, 1.82) is 0 Å². The highest BCUT2D eigenvalue weighted by atomic mass is 16.4. The first-order chi connectivity index (χ1) is 9.13. The highest BCUT2D eigenvalue weighted by Gasteiger charge is 2.19. The minimum atomic E-state index is -1.02. The van der Waals surface area contributed by atoms with Gasteiger partial charge in [-0.05, 0) is 24.9 Å². The molecule has 1 atom stereocenters. The van der Waals surface area contributed by atoms with E-state index in [1.807, 2.05) is 30.3 Å². The monoisotopic (exact) mass is 264 g/mol. The second-order valence-electron chi connectivity index (χ2n) is 4.39. The van der Waals surface area contributed by atoms with Gasteiger partial charge in [0.25, 0.3) is 0 Å². The first-order valence-electron chi connectivity index (χ1n) is 6.39. The van der Waals surface area contributed by atoms with Crippen molar-refractivity contribution in [3.63, 3.8) is 0 Å². The van der Waals surface area contributed by atoms with Gasteiger partial charge in [-0.25, -0.2) is 4.79 Å². The molecule has 0 bridgehead atoms. The molecular formula is C14H20N2O3. The lowest BCUT2D eigenvalue weighted by Crippen LogP contribution is -2.42. The zero-order valence-corrected chi connectivity index (χ0v) is 10.8. The maximum atomic E-state index is 11.6. The molecule has 1 aromatic carbocycles. The van der Waals surface area contributed by atoms with Crippen LogP contribution in [0.2, 0.25) is 0 Å². The van der Waals surface area contributed by atoms with E-state index in [2.05, 4.69) is 5.32 Å². The number of carbonyl (C=O) groups is 2. The van der Waals surface area contributed by atoms with E-state index in [0.717, 1.165) is 12.0 Å². The number of amides is 1. The van der Waals surface area contributed by atoms with Gasteiger partial charge < -0.3 is 16.2 Å². The van der Waals surface area contributed by atoms with Crippen LogP contribution in [0.15, 0.2) is 30.3 Å². The normalized spacial score (nSPS) is 11.8. The summed E-state index contributed by atoms with van der Waals surface area (Å²) in [6.07, 6.45) is 2.05. The van der Waals surface area contributed by atoms with E-state index in [0.29, 0.717) is 25.8 Å². The van der Waals surface area contributed by atoms with Crippen LogP contribution in [0.25, 0.3) is 0 Å². The van der Waals surface area contributed by atoms with E-state index in [1.54, 1.807) is 0 Å². The Hall–Kier alpha value is -1.88. The van der Waals surface area contributed by atoms with E-state index < -0.39 is 12.0 Å². The smallest absolute Gasteiger partial charge is 0.326 e. The first kappa shape index (κ1) is 15.2. The van der Waals surface area contributed by atoms with E-state index in [9.17, 15) is 9.59 Å². The quantitative estimate of drug-likeness (QED) is 0.609. The lowest BCUT2D eigenvalue weighted by atomic mass is 10.1. The Morgan fingerprint density at radius 3 is 2.47 bits per heavy atom. The number of nitrogens with one attached hydrogen (secondary N) is 1. The van der Waals surface area contributed by atoms with Crippen molar-refractivity contribution in [2.45, 2.75) is 31.7 Å². The molecule has 0 aliphatic carbocycles. The molecule has 0 saturated heterocycles. The number of carboxylic acids is 1. The minimum Gasteiger partial charge on any atom is -0.480 e. The van der Waals surface area contributed by atoms with Gasteiger partial charge in [0.1, 0.15) is 6.04 Å². The van der Waals surface area contributed by atoms with Gasteiger partial charge in [-0.3, -0.25) is 4.79 Å². The van der Waals surface area contributed by atoms with Crippen LogP contribution in [0.3, 0.4) is 0 Å². The molecule has 4 N–H and O–H groups in total. The van der Waals surface area contributed by atoms with Gasteiger partial charge in [-0.15, -0.1) is 0 Å². The number of hydrogen-bond donors (Lipinski definition) is 3. The summed E-state index contributed by atoms with van der Waals surface area (Å²) in [6, 6.07) is 8.36. The Bertz CT molecular complexity index is 406. The van der Waals surface area contributed by atoms with Crippen LogP contribution in [-0.4, -0.2) is 29.6 Å². The average Bonchev–Trinajstić information content (AvgIpc) is 2.39. The number of benzene rings is 1. The molecule has 0 aliphatic heterocycles. The highest BCUT2D eigenvalue weighted by molar-refractivity contribution is 5.83. The molecule has 0 spiro atoms. The fraction of sp³-hybridized carbons (Fsp3) is 0.429. The predicted molar refractivity (Wildman–Crippen MR) is 72.6 cm³/mol. The van der Waals surface area contributed by atoms with Crippen molar-refractivity contribution in [3.05, 3.63) is 35.9 Å². The molecule has 1 aromatic rings. The molecule has 0 aliphatic rings. The fourth-order valence-electron chi connectivity index (χ4n) is 1.75. The van der Waals surface area contributed by atoms with Crippen molar-refractivity contribution in [1.82, 2.24) is 5.32 Å².